The molecule has 0 radical (unpaired) electrons. The van der Waals surface area contributed by atoms with Gasteiger partial charge in [-0.05, 0) is 37.8 Å². The van der Waals surface area contributed by atoms with Crippen molar-refractivity contribution < 1.29 is 9.59 Å². The SMILES string of the molecule is CC(=O)CC1c2ccccc2CCC1C(=O)c1ccc(C)cc1. The highest BCUT2D eigenvalue weighted by molar-refractivity contribution is 5.99. The monoisotopic (exact) mass is 306 g/mol. The van der Waals surface area contributed by atoms with Gasteiger partial charge in [0.2, 0.25) is 0 Å². The van der Waals surface area contributed by atoms with Crippen molar-refractivity contribution in [3.05, 3.63) is 70.8 Å². The topological polar surface area (TPSA) is 34.1 Å². The Hall–Kier alpha value is -2.22. The second-order valence-corrected chi connectivity index (χ2v) is 6.59. The number of hydrogen-bond acceptors (Lipinski definition) is 2. The standard InChI is InChI=1S/C21H22O2/c1-14-7-9-17(10-8-14)21(23)19-12-11-16-5-3-4-6-18(16)20(19)13-15(2)22/h3-10,19-20H,11-13H2,1-2H3. The second kappa shape index (κ2) is 6.49. The molecule has 118 valence electrons. The largest absolute Gasteiger partial charge is 0.300 e. The first-order valence-corrected chi connectivity index (χ1v) is 8.24. The fourth-order valence-corrected chi connectivity index (χ4v) is 3.66. The van der Waals surface area contributed by atoms with Crippen molar-refractivity contribution >= 4 is 11.6 Å². The lowest BCUT2D eigenvalue weighted by Gasteiger charge is -2.32. The normalized spacial score (nSPS) is 19.9. The van der Waals surface area contributed by atoms with Crippen LogP contribution in [-0.2, 0) is 11.2 Å². The number of carbonyl (C=O) groups is 2. The minimum Gasteiger partial charge on any atom is -0.300 e. The van der Waals surface area contributed by atoms with Gasteiger partial charge in [-0.15, -0.1) is 0 Å². The molecule has 1 aliphatic carbocycles. The summed E-state index contributed by atoms with van der Waals surface area (Å²) in [6.07, 6.45) is 2.17. The summed E-state index contributed by atoms with van der Waals surface area (Å²) in [5.74, 6) is 0.224. The van der Waals surface area contributed by atoms with Crippen LogP contribution in [0.4, 0.5) is 0 Å². The van der Waals surface area contributed by atoms with E-state index in [9.17, 15) is 9.59 Å². The van der Waals surface area contributed by atoms with Gasteiger partial charge in [-0.1, -0.05) is 54.1 Å². The van der Waals surface area contributed by atoms with E-state index in [1.54, 1.807) is 6.92 Å². The van der Waals surface area contributed by atoms with Crippen molar-refractivity contribution in [2.24, 2.45) is 5.92 Å². The van der Waals surface area contributed by atoms with Gasteiger partial charge in [0, 0.05) is 23.8 Å². The predicted molar refractivity (Wildman–Crippen MR) is 91.8 cm³/mol. The average molecular weight is 306 g/mol. The van der Waals surface area contributed by atoms with E-state index in [2.05, 4.69) is 12.1 Å². The van der Waals surface area contributed by atoms with Crippen molar-refractivity contribution in [1.29, 1.82) is 0 Å². The Morgan fingerprint density at radius 1 is 1.04 bits per heavy atom. The molecule has 0 saturated carbocycles. The molecule has 0 N–H and O–H groups in total. The summed E-state index contributed by atoms with van der Waals surface area (Å²) in [5, 5.41) is 0. The molecular weight excluding hydrogens is 284 g/mol. The Bertz CT molecular complexity index is 728. The Balaban J connectivity index is 1.95. The minimum absolute atomic E-state index is 0.00579. The molecule has 0 heterocycles. The van der Waals surface area contributed by atoms with Gasteiger partial charge in [-0.3, -0.25) is 4.79 Å². The van der Waals surface area contributed by atoms with E-state index >= 15 is 0 Å². The van der Waals surface area contributed by atoms with Crippen LogP contribution in [0.2, 0.25) is 0 Å². The zero-order valence-corrected chi connectivity index (χ0v) is 13.7. The third-order valence-electron chi connectivity index (χ3n) is 4.85. The highest BCUT2D eigenvalue weighted by Gasteiger charge is 2.35. The van der Waals surface area contributed by atoms with Crippen LogP contribution in [0.25, 0.3) is 0 Å². The maximum atomic E-state index is 13.0. The summed E-state index contributed by atoms with van der Waals surface area (Å²) in [5.41, 5.74) is 4.37. The van der Waals surface area contributed by atoms with E-state index in [0.717, 1.165) is 24.0 Å². The average Bonchev–Trinajstić information content (AvgIpc) is 2.55. The summed E-state index contributed by atoms with van der Waals surface area (Å²) in [6.45, 7) is 3.63. The molecule has 2 aromatic carbocycles. The maximum absolute atomic E-state index is 13.0. The molecule has 0 spiro atoms. The number of ketones is 2. The molecule has 0 saturated heterocycles. The molecule has 0 fully saturated rings. The molecular formula is C21H22O2. The summed E-state index contributed by atoms with van der Waals surface area (Å²) in [6, 6.07) is 16.0. The van der Waals surface area contributed by atoms with E-state index in [1.807, 2.05) is 43.3 Å². The van der Waals surface area contributed by atoms with E-state index < -0.39 is 0 Å². The summed E-state index contributed by atoms with van der Waals surface area (Å²) in [4.78, 5) is 24.8. The first-order valence-electron chi connectivity index (χ1n) is 8.24. The van der Waals surface area contributed by atoms with Crippen LogP contribution in [0.15, 0.2) is 48.5 Å². The van der Waals surface area contributed by atoms with Crippen molar-refractivity contribution in [2.75, 3.05) is 0 Å². The zero-order valence-electron chi connectivity index (χ0n) is 13.7. The van der Waals surface area contributed by atoms with Gasteiger partial charge in [0.1, 0.15) is 5.78 Å². The quantitative estimate of drug-likeness (QED) is 0.779. The van der Waals surface area contributed by atoms with Gasteiger partial charge in [0.15, 0.2) is 5.78 Å². The van der Waals surface area contributed by atoms with Crippen LogP contribution in [0, 0.1) is 12.8 Å². The Kier molecular flexibility index (Phi) is 4.42. The lowest BCUT2D eigenvalue weighted by molar-refractivity contribution is -0.117. The maximum Gasteiger partial charge on any atom is 0.166 e. The van der Waals surface area contributed by atoms with Crippen molar-refractivity contribution in [1.82, 2.24) is 0 Å². The zero-order chi connectivity index (χ0) is 16.4. The molecule has 2 heteroatoms. The van der Waals surface area contributed by atoms with Gasteiger partial charge in [-0.2, -0.15) is 0 Å². The molecule has 0 aromatic heterocycles. The first-order chi connectivity index (χ1) is 11.1. The van der Waals surface area contributed by atoms with Crippen LogP contribution in [0.1, 0.15) is 52.7 Å². The highest BCUT2D eigenvalue weighted by Crippen LogP contribution is 2.40. The van der Waals surface area contributed by atoms with Crippen LogP contribution in [0.5, 0.6) is 0 Å². The number of aryl methyl sites for hydroxylation is 2. The molecule has 2 atom stereocenters. The predicted octanol–water partition coefficient (Wildman–Crippen LogP) is 4.50. The Morgan fingerprint density at radius 2 is 1.74 bits per heavy atom. The number of carbonyl (C=O) groups excluding carboxylic acids is 2. The molecule has 3 rings (SSSR count). The van der Waals surface area contributed by atoms with Crippen LogP contribution >= 0.6 is 0 Å². The summed E-state index contributed by atoms with van der Waals surface area (Å²) in [7, 11) is 0. The van der Waals surface area contributed by atoms with Crippen molar-refractivity contribution in [3.63, 3.8) is 0 Å². The van der Waals surface area contributed by atoms with Gasteiger partial charge >= 0.3 is 0 Å². The number of Topliss-reactive ketones (excluding diaryl/α,β-unsaturated/α-hetero) is 2. The Labute approximate surface area is 137 Å². The first kappa shape index (κ1) is 15.7. The molecule has 23 heavy (non-hydrogen) atoms. The molecule has 0 bridgehead atoms. The summed E-state index contributed by atoms with van der Waals surface area (Å²) >= 11 is 0. The molecule has 0 aliphatic heterocycles. The number of hydrogen-bond donors (Lipinski definition) is 0. The minimum atomic E-state index is -0.100. The highest BCUT2D eigenvalue weighted by atomic mass is 16.1. The summed E-state index contributed by atoms with van der Waals surface area (Å²) < 4.78 is 0. The molecule has 1 aliphatic rings. The van der Waals surface area contributed by atoms with E-state index in [0.29, 0.717) is 6.42 Å². The molecule has 2 nitrogen and oxygen atoms in total. The number of benzene rings is 2. The molecule has 2 unspecified atom stereocenters. The third kappa shape index (κ3) is 3.26. The lowest BCUT2D eigenvalue weighted by atomic mass is 9.70. The van der Waals surface area contributed by atoms with Gasteiger partial charge in [0.25, 0.3) is 0 Å². The van der Waals surface area contributed by atoms with Gasteiger partial charge < -0.3 is 4.79 Å². The number of rotatable bonds is 4. The second-order valence-electron chi connectivity index (χ2n) is 6.59. The Morgan fingerprint density at radius 3 is 2.43 bits per heavy atom. The van der Waals surface area contributed by atoms with Gasteiger partial charge in [-0.25, -0.2) is 0 Å². The van der Waals surface area contributed by atoms with E-state index in [1.165, 1.54) is 11.1 Å². The van der Waals surface area contributed by atoms with E-state index in [-0.39, 0.29) is 23.4 Å². The van der Waals surface area contributed by atoms with Gasteiger partial charge in [0.05, 0.1) is 0 Å². The molecule has 2 aromatic rings. The molecule has 0 amide bonds. The van der Waals surface area contributed by atoms with E-state index in [4.69, 9.17) is 0 Å². The fraction of sp³-hybridized carbons (Fsp3) is 0.333. The fourth-order valence-electron chi connectivity index (χ4n) is 3.66. The van der Waals surface area contributed by atoms with Crippen LogP contribution in [0.3, 0.4) is 0 Å². The van der Waals surface area contributed by atoms with Crippen LogP contribution in [-0.4, -0.2) is 11.6 Å². The van der Waals surface area contributed by atoms with Crippen molar-refractivity contribution in [3.8, 4) is 0 Å². The van der Waals surface area contributed by atoms with Crippen LogP contribution < -0.4 is 0 Å². The lowest BCUT2D eigenvalue weighted by Crippen LogP contribution is -2.29. The number of fused-ring (bicyclic) bond motifs is 1. The smallest absolute Gasteiger partial charge is 0.166 e. The van der Waals surface area contributed by atoms with Crippen molar-refractivity contribution in [2.45, 2.75) is 39.0 Å². The third-order valence-corrected chi connectivity index (χ3v) is 4.85.